The zero-order chi connectivity index (χ0) is 25.9. The van der Waals surface area contributed by atoms with Crippen LogP contribution < -0.4 is 0 Å². The van der Waals surface area contributed by atoms with Crippen LogP contribution in [0.1, 0.15) is 37.4 Å². The molecule has 2 aromatic rings. The number of piperazine rings is 1. The number of hydrogen-bond acceptors (Lipinski definition) is 6. The van der Waals surface area contributed by atoms with Crippen LogP contribution in [0.2, 0.25) is 0 Å². The molecule has 0 atom stereocenters. The van der Waals surface area contributed by atoms with E-state index in [0.717, 1.165) is 37.6 Å². The Morgan fingerprint density at radius 3 is 2.03 bits per heavy atom. The Morgan fingerprint density at radius 1 is 0.865 bits per heavy atom. The summed E-state index contributed by atoms with van der Waals surface area (Å²) in [4.78, 5) is 40.7. The van der Waals surface area contributed by atoms with Crippen molar-refractivity contribution in [2.24, 2.45) is 15.9 Å². The number of urea groups is 1. The highest BCUT2D eigenvalue weighted by atomic mass is 16.2. The highest BCUT2D eigenvalue weighted by Gasteiger charge is 2.45. The van der Waals surface area contributed by atoms with Gasteiger partial charge in [0.25, 0.3) is 0 Å². The van der Waals surface area contributed by atoms with Gasteiger partial charge in [-0.15, -0.1) is 0 Å². The third-order valence-electron chi connectivity index (χ3n) is 7.17. The topological polar surface area (TPSA) is 71.6 Å². The van der Waals surface area contributed by atoms with E-state index in [1.807, 2.05) is 13.8 Å². The molecule has 8 heteroatoms. The third-order valence-corrected chi connectivity index (χ3v) is 7.17. The fourth-order valence-corrected chi connectivity index (χ4v) is 5.26. The van der Waals surface area contributed by atoms with Crippen molar-refractivity contribution >= 4 is 29.3 Å². The van der Waals surface area contributed by atoms with Gasteiger partial charge in [0.1, 0.15) is 0 Å². The fourth-order valence-electron chi connectivity index (χ4n) is 5.26. The Hall–Kier alpha value is -3.49. The smallest absolute Gasteiger partial charge is 0.300 e. The van der Waals surface area contributed by atoms with E-state index >= 15 is 0 Å². The first-order valence-electron chi connectivity index (χ1n) is 13.1. The number of nitrogens with zero attached hydrogens (tertiary/aromatic N) is 6. The second kappa shape index (κ2) is 10.9. The minimum Gasteiger partial charge on any atom is -0.300 e. The average molecular weight is 500 g/mol. The van der Waals surface area contributed by atoms with Crippen molar-refractivity contribution in [2.45, 2.75) is 26.3 Å². The molecule has 3 aliphatic rings. The molecule has 5 rings (SSSR count). The number of amides is 3. The third kappa shape index (κ3) is 5.31. The molecule has 3 aliphatic heterocycles. The Kier molecular flexibility index (Phi) is 7.39. The first-order valence-corrected chi connectivity index (χ1v) is 13.1. The number of rotatable bonds is 8. The van der Waals surface area contributed by atoms with Gasteiger partial charge >= 0.3 is 17.8 Å². The molecule has 2 aromatic carbocycles. The van der Waals surface area contributed by atoms with Crippen molar-refractivity contribution < 1.29 is 14.2 Å². The molecule has 0 unspecified atom stereocenters. The van der Waals surface area contributed by atoms with Gasteiger partial charge in [0.2, 0.25) is 11.5 Å². The number of amidine groups is 2. The lowest BCUT2D eigenvalue weighted by atomic mass is 9.96. The molecule has 192 valence electrons. The summed E-state index contributed by atoms with van der Waals surface area (Å²) >= 11 is 0. The van der Waals surface area contributed by atoms with E-state index in [2.05, 4.69) is 80.4 Å². The lowest BCUT2D eigenvalue weighted by Crippen LogP contribution is -2.53. The Labute approximate surface area is 218 Å². The number of carbonyl (C=O) groups excluding carboxylic acids is 2. The maximum absolute atomic E-state index is 12.7. The van der Waals surface area contributed by atoms with Crippen LogP contribution in [0, 0.1) is 5.92 Å². The zero-order valence-electron chi connectivity index (χ0n) is 21.9. The monoisotopic (exact) mass is 499 g/mol. The fraction of sp³-hybridized carbons (Fsp3) is 0.414. The van der Waals surface area contributed by atoms with Gasteiger partial charge in [0.15, 0.2) is 0 Å². The minimum atomic E-state index is -0.375. The Morgan fingerprint density at radius 2 is 1.46 bits per heavy atom. The van der Waals surface area contributed by atoms with Crippen molar-refractivity contribution in [1.29, 1.82) is 0 Å². The van der Waals surface area contributed by atoms with Crippen LogP contribution in [0.15, 0.2) is 70.6 Å². The molecule has 3 heterocycles. The van der Waals surface area contributed by atoms with Gasteiger partial charge in [-0.2, -0.15) is 9.48 Å². The van der Waals surface area contributed by atoms with Gasteiger partial charge in [0, 0.05) is 39.1 Å². The summed E-state index contributed by atoms with van der Waals surface area (Å²) in [6.45, 7) is 9.25. The Balaban J connectivity index is 1.24. The first-order chi connectivity index (χ1) is 17.9. The van der Waals surface area contributed by atoms with Crippen LogP contribution in [0.5, 0.6) is 0 Å². The first kappa shape index (κ1) is 25.2. The predicted molar refractivity (Wildman–Crippen MR) is 145 cm³/mol. The van der Waals surface area contributed by atoms with Crippen molar-refractivity contribution in [1.82, 2.24) is 14.7 Å². The van der Waals surface area contributed by atoms with E-state index in [1.54, 1.807) is 4.58 Å². The van der Waals surface area contributed by atoms with Crippen molar-refractivity contribution in [3.63, 3.8) is 0 Å². The molecule has 37 heavy (non-hydrogen) atoms. The minimum absolute atomic E-state index is 0.238. The maximum atomic E-state index is 12.7. The van der Waals surface area contributed by atoms with E-state index in [0.29, 0.717) is 24.6 Å². The summed E-state index contributed by atoms with van der Waals surface area (Å²) in [5.74, 6) is 0.921. The summed E-state index contributed by atoms with van der Waals surface area (Å²) in [5.41, 5.74) is 2.91. The summed E-state index contributed by atoms with van der Waals surface area (Å²) in [7, 11) is 1.51. The van der Waals surface area contributed by atoms with Gasteiger partial charge < -0.3 is 4.90 Å². The molecular formula is C29H35N6O2+. The number of benzene rings is 2. The molecule has 0 radical (unpaired) electrons. The Bertz CT molecular complexity index is 1200. The number of carbonyl (C=O) groups is 2. The summed E-state index contributed by atoms with van der Waals surface area (Å²) in [5, 5.41) is 0. The number of hydrogen-bond donors (Lipinski definition) is 0. The largest absolute Gasteiger partial charge is 0.446 e. The summed E-state index contributed by atoms with van der Waals surface area (Å²) in [6, 6.07) is 21.3. The number of fused-ring (bicyclic) bond motifs is 1. The second-order valence-corrected chi connectivity index (χ2v) is 10.3. The summed E-state index contributed by atoms with van der Waals surface area (Å²) in [6.07, 6.45) is 0.647. The van der Waals surface area contributed by atoms with Crippen molar-refractivity contribution in [3.05, 3.63) is 71.8 Å². The van der Waals surface area contributed by atoms with E-state index in [-0.39, 0.29) is 29.6 Å². The van der Waals surface area contributed by atoms with E-state index in [4.69, 9.17) is 0 Å². The van der Waals surface area contributed by atoms with Crippen LogP contribution in [-0.2, 0) is 4.79 Å². The van der Waals surface area contributed by atoms with Crippen molar-refractivity contribution in [3.8, 4) is 0 Å². The lowest BCUT2D eigenvalue weighted by molar-refractivity contribution is -0.442. The van der Waals surface area contributed by atoms with Crippen molar-refractivity contribution in [2.75, 3.05) is 46.3 Å². The normalized spacial score (nSPS) is 19.1. The van der Waals surface area contributed by atoms with Crippen LogP contribution in [-0.4, -0.2) is 94.9 Å². The average Bonchev–Trinajstić information content (AvgIpc) is 3.35. The molecule has 0 bridgehead atoms. The van der Waals surface area contributed by atoms with Gasteiger partial charge in [-0.25, -0.2) is 14.6 Å². The van der Waals surface area contributed by atoms with Crippen LogP contribution >= 0.6 is 0 Å². The summed E-state index contributed by atoms with van der Waals surface area (Å²) < 4.78 is 1.59. The molecule has 0 aliphatic carbocycles. The van der Waals surface area contributed by atoms with Crippen LogP contribution in [0.4, 0.5) is 4.79 Å². The van der Waals surface area contributed by atoms with E-state index in [1.165, 1.54) is 18.2 Å². The predicted octanol–water partition coefficient (Wildman–Crippen LogP) is 3.30. The molecular weight excluding hydrogens is 464 g/mol. The quantitative estimate of drug-likeness (QED) is 0.523. The lowest BCUT2D eigenvalue weighted by Gasteiger charge is -2.39. The van der Waals surface area contributed by atoms with Gasteiger partial charge in [0.05, 0.1) is 19.6 Å². The molecule has 0 N–H and O–H groups in total. The molecule has 3 amide bonds. The highest BCUT2D eigenvalue weighted by Crippen LogP contribution is 2.29. The van der Waals surface area contributed by atoms with E-state index < -0.39 is 0 Å². The van der Waals surface area contributed by atoms with E-state index in [9.17, 15) is 9.59 Å². The number of imide groups is 1. The maximum Gasteiger partial charge on any atom is 0.446 e. The molecule has 8 nitrogen and oxygen atoms in total. The number of aliphatic imine (C=N–C) groups is 2. The van der Waals surface area contributed by atoms with Crippen LogP contribution in [0.3, 0.4) is 0 Å². The van der Waals surface area contributed by atoms with Gasteiger partial charge in [-0.05, 0) is 17.0 Å². The molecule has 1 fully saturated rings. The molecule has 0 aromatic heterocycles. The molecule has 1 saturated heterocycles. The second-order valence-electron chi connectivity index (χ2n) is 10.3. The molecule has 0 spiro atoms. The standard InChI is InChI=1S/C29H35N6O2/c1-21(2)20-35-27-25(28(36)32(3)29(35)37)30-24(31-27)14-15-33-16-18-34(19-17-33)26(22-10-6-4-7-11-22)23-12-8-5-9-13-23/h4-13,21,26H,14-20H2,1-3H3/q+1. The highest BCUT2D eigenvalue weighted by molar-refractivity contribution is 6.70. The van der Waals surface area contributed by atoms with Gasteiger partial charge in [-0.3, -0.25) is 4.90 Å². The van der Waals surface area contributed by atoms with Gasteiger partial charge in [-0.1, -0.05) is 79.5 Å². The molecule has 0 saturated carbocycles. The SMILES string of the molecule is CC(C)C[N+]1=C2N=C(CCN3CCN(C(c4ccccc4)c4ccccc4)CC3)N=C2C(=O)N(C)C1=O. The van der Waals surface area contributed by atoms with Crippen LogP contribution in [0.25, 0.3) is 0 Å². The zero-order valence-corrected chi connectivity index (χ0v) is 21.9.